The molecule has 1 unspecified atom stereocenters. The number of carbonyl (C=O) groups is 1. The van der Waals surface area contributed by atoms with Gasteiger partial charge in [0.15, 0.2) is 0 Å². The molecule has 0 bridgehead atoms. The minimum Gasteiger partial charge on any atom is -0.465 e. The molecule has 0 fully saturated rings. The molecule has 0 aliphatic carbocycles. The third-order valence-electron chi connectivity index (χ3n) is 4.51. The molecule has 3 rings (SSSR count). The van der Waals surface area contributed by atoms with Gasteiger partial charge in [-0.15, -0.1) is 0 Å². The van der Waals surface area contributed by atoms with Gasteiger partial charge in [-0.25, -0.2) is 19.2 Å². The van der Waals surface area contributed by atoms with Gasteiger partial charge in [-0.1, -0.05) is 13.0 Å². The van der Waals surface area contributed by atoms with Crippen molar-refractivity contribution in [3.8, 4) is 0 Å². The standard InChI is InChI=1S/C17H15F4N3O2/c1-9(11-3-2-10(18)6-13(11)17(19,20)21)15-12-4-5-24(16(25)26)7-14(12)22-8-23-15/h2-3,6,8-9H,4-5,7H2,1H3,(H,25,26). The Labute approximate surface area is 146 Å². The highest BCUT2D eigenvalue weighted by atomic mass is 19.4. The van der Waals surface area contributed by atoms with Gasteiger partial charge < -0.3 is 10.0 Å². The van der Waals surface area contributed by atoms with Crippen LogP contribution in [0.2, 0.25) is 0 Å². The van der Waals surface area contributed by atoms with Crippen LogP contribution in [0, 0.1) is 5.82 Å². The summed E-state index contributed by atoms with van der Waals surface area (Å²) >= 11 is 0. The minimum atomic E-state index is -4.70. The molecular weight excluding hydrogens is 354 g/mol. The lowest BCUT2D eigenvalue weighted by molar-refractivity contribution is -0.138. The molecule has 1 aromatic carbocycles. The summed E-state index contributed by atoms with van der Waals surface area (Å²) in [5.41, 5.74) is 0.402. The van der Waals surface area contributed by atoms with E-state index in [1.165, 1.54) is 11.2 Å². The van der Waals surface area contributed by atoms with Gasteiger partial charge in [-0.3, -0.25) is 0 Å². The summed E-state index contributed by atoms with van der Waals surface area (Å²) in [4.78, 5) is 20.5. The fraction of sp³-hybridized carbons (Fsp3) is 0.353. The van der Waals surface area contributed by atoms with E-state index in [-0.39, 0.29) is 18.7 Å². The fourth-order valence-electron chi connectivity index (χ4n) is 3.21. The molecule has 1 amide bonds. The molecule has 2 heterocycles. The molecule has 1 aromatic heterocycles. The molecule has 138 valence electrons. The zero-order valence-electron chi connectivity index (χ0n) is 13.7. The van der Waals surface area contributed by atoms with Crippen molar-refractivity contribution in [3.63, 3.8) is 0 Å². The van der Waals surface area contributed by atoms with E-state index in [1.807, 2.05) is 0 Å². The molecule has 0 radical (unpaired) electrons. The zero-order chi connectivity index (χ0) is 19.1. The molecule has 1 aliphatic heterocycles. The molecule has 1 atom stereocenters. The van der Waals surface area contributed by atoms with E-state index in [1.54, 1.807) is 6.92 Å². The second kappa shape index (κ2) is 6.54. The molecule has 9 heteroatoms. The summed E-state index contributed by atoms with van der Waals surface area (Å²) in [5, 5.41) is 9.09. The highest BCUT2D eigenvalue weighted by Gasteiger charge is 2.36. The van der Waals surface area contributed by atoms with Crippen LogP contribution in [0.25, 0.3) is 0 Å². The van der Waals surface area contributed by atoms with Gasteiger partial charge in [0.2, 0.25) is 0 Å². The van der Waals surface area contributed by atoms with Crippen LogP contribution >= 0.6 is 0 Å². The van der Waals surface area contributed by atoms with E-state index in [9.17, 15) is 22.4 Å². The Hall–Kier alpha value is -2.71. The molecular formula is C17H15F4N3O2. The van der Waals surface area contributed by atoms with Crippen LogP contribution in [0.5, 0.6) is 0 Å². The van der Waals surface area contributed by atoms with Crippen molar-refractivity contribution >= 4 is 6.09 Å². The maximum absolute atomic E-state index is 13.3. The van der Waals surface area contributed by atoms with Gasteiger partial charge in [0.1, 0.15) is 12.1 Å². The number of alkyl halides is 3. The van der Waals surface area contributed by atoms with E-state index in [4.69, 9.17) is 5.11 Å². The first-order valence-corrected chi connectivity index (χ1v) is 7.85. The number of aromatic nitrogens is 2. The Bertz CT molecular complexity index is 854. The quantitative estimate of drug-likeness (QED) is 0.818. The van der Waals surface area contributed by atoms with Crippen molar-refractivity contribution in [3.05, 3.63) is 58.4 Å². The van der Waals surface area contributed by atoms with Crippen molar-refractivity contribution in [1.82, 2.24) is 14.9 Å². The molecule has 1 N–H and O–H groups in total. The normalized spacial score (nSPS) is 15.5. The number of halogens is 4. The van der Waals surface area contributed by atoms with Crippen molar-refractivity contribution in [1.29, 1.82) is 0 Å². The number of hydrogen-bond donors (Lipinski definition) is 1. The Morgan fingerprint density at radius 2 is 2.04 bits per heavy atom. The average molecular weight is 369 g/mol. The maximum Gasteiger partial charge on any atom is 0.416 e. The molecule has 26 heavy (non-hydrogen) atoms. The summed E-state index contributed by atoms with van der Waals surface area (Å²) in [5.74, 6) is -1.71. The van der Waals surface area contributed by atoms with Crippen molar-refractivity contribution in [2.24, 2.45) is 0 Å². The second-order valence-corrected chi connectivity index (χ2v) is 6.09. The monoisotopic (exact) mass is 369 g/mol. The molecule has 0 saturated heterocycles. The average Bonchev–Trinajstić information content (AvgIpc) is 2.59. The third-order valence-corrected chi connectivity index (χ3v) is 4.51. The van der Waals surface area contributed by atoms with Crippen molar-refractivity contribution in [2.45, 2.75) is 32.0 Å². The van der Waals surface area contributed by atoms with Gasteiger partial charge in [0, 0.05) is 12.5 Å². The Balaban J connectivity index is 2.04. The molecule has 0 spiro atoms. The maximum atomic E-state index is 13.3. The van der Waals surface area contributed by atoms with Gasteiger partial charge in [0.25, 0.3) is 0 Å². The number of amides is 1. The smallest absolute Gasteiger partial charge is 0.416 e. The lowest BCUT2D eigenvalue weighted by Gasteiger charge is -2.28. The number of rotatable bonds is 2. The largest absolute Gasteiger partial charge is 0.465 e. The van der Waals surface area contributed by atoms with Gasteiger partial charge in [0.05, 0.1) is 23.5 Å². The van der Waals surface area contributed by atoms with Crippen molar-refractivity contribution in [2.75, 3.05) is 6.54 Å². The Kier molecular flexibility index (Phi) is 4.55. The van der Waals surface area contributed by atoms with Crippen LogP contribution in [-0.2, 0) is 19.1 Å². The third kappa shape index (κ3) is 3.33. The molecule has 1 aliphatic rings. The number of hydrogen-bond acceptors (Lipinski definition) is 3. The topological polar surface area (TPSA) is 66.3 Å². The van der Waals surface area contributed by atoms with Gasteiger partial charge in [-0.2, -0.15) is 13.2 Å². The summed E-state index contributed by atoms with van der Waals surface area (Å²) in [7, 11) is 0. The fourth-order valence-corrected chi connectivity index (χ4v) is 3.21. The van der Waals surface area contributed by atoms with E-state index < -0.39 is 29.6 Å². The first kappa shape index (κ1) is 18.1. The van der Waals surface area contributed by atoms with Crippen LogP contribution in [0.3, 0.4) is 0 Å². The van der Waals surface area contributed by atoms with Gasteiger partial charge in [-0.05, 0) is 29.7 Å². The molecule has 2 aromatic rings. The van der Waals surface area contributed by atoms with Crippen LogP contribution in [0.15, 0.2) is 24.5 Å². The number of fused-ring (bicyclic) bond motifs is 1. The van der Waals surface area contributed by atoms with Crippen LogP contribution < -0.4 is 0 Å². The number of benzene rings is 1. The first-order chi connectivity index (χ1) is 12.2. The van der Waals surface area contributed by atoms with Crippen LogP contribution in [0.1, 0.15) is 40.9 Å². The SMILES string of the molecule is CC(c1ccc(F)cc1C(F)(F)F)c1ncnc2c1CCN(C(=O)O)C2. The van der Waals surface area contributed by atoms with E-state index in [0.29, 0.717) is 29.4 Å². The summed E-state index contributed by atoms with van der Waals surface area (Å²) < 4.78 is 53.3. The second-order valence-electron chi connectivity index (χ2n) is 6.09. The highest BCUT2D eigenvalue weighted by molar-refractivity contribution is 5.65. The zero-order valence-corrected chi connectivity index (χ0v) is 13.7. The summed E-state index contributed by atoms with van der Waals surface area (Å²) in [6.45, 7) is 1.84. The minimum absolute atomic E-state index is 0.0580. The first-order valence-electron chi connectivity index (χ1n) is 7.85. The van der Waals surface area contributed by atoms with E-state index >= 15 is 0 Å². The van der Waals surface area contributed by atoms with E-state index in [0.717, 1.165) is 12.1 Å². The van der Waals surface area contributed by atoms with Crippen molar-refractivity contribution < 1.29 is 27.5 Å². The Morgan fingerprint density at radius 1 is 1.31 bits per heavy atom. The lowest BCUT2D eigenvalue weighted by Crippen LogP contribution is -2.36. The highest BCUT2D eigenvalue weighted by Crippen LogP contribution is 2.38. The predicted octanol–water partition coefficient (Wildman–Crippen LogP) is 3.82. The van der Waals surface area contributed by atoms with Gasteiger partial charge >= 0.3 is 12.3 Å². The van der Waals surface area contributed by atoms with E-state index in [2.05, 4.69) is 9.97 Å². The number of nitrogens with zero attached hydrogens (tertiary/aromatic N) is 3. The predicted molar refractivity (Wildman–Crippen MR) is 83.1 cm³/mol. The summed E-state index contributed by atoms with van der Waals surface area (Å²) in [6.07, 6.45) is -4.25. The molecule has 0 saturated carbocycles. The lowest BCUT2D eigenvalue weighted by atomic mass is 9.88. The summed E-state index contributed by atoms with van der Waals surface area (Å²) in [6, 6.07) is 2.58. The van der Waals surface area contributed by atoms with Crippen LogP contribution in [0.4, 0.5) is 22.4 Å². The van der Waals surface area contributed by atoms with Crippen LogP contribution in [-0.4, -0.2) is 32.6 Å². The Morgan fingerprint density at radius 3 is 2.69 bits per heavy atom. The molecule has 5 nitrogen and oxygen atoms in total. The number of carboxylic acid groups (broad SMARTS) is 1.